The SMILES string of the molecule is COc1ccc(COC/C=C/[C@H](NC(=O)C(Cl)(Cl)Cl)[C@@](C)(COCc2ccccc2)NC(=O)C(Cl)(Cl)Cl)cc1. The zero-order valence-electron chi connectivity index (χ0n) is 21.1. The molecule has 2 aromatic carbocycles. The average Bonchev–Trinajstić information content (AvgIpc) is 2.87. The van der Waals surface area contributed by atoms with Crippen molar-refractivity contribution < 1.29 is 23.8 Å². The number of carbonyl (C=O) groups excluding carboxylic acids is 2. The highest BCUT2D eigenvalue weighted by atomic mass is 35.6. The molecule has 0 spiro atoms. The van der Waals surface area contributed by atoms with Gasteiger partial charge in [-0.05, 0) is 30.2 Å². The highest BCUT2D eigenvalue weighted by molar-refractivity contribution is 6.76. The Bertz CT molecular complexity index is 1090. The fraction of sp³-hybridized carbons (Fsp3) is 0.385. The largest absolute Gasteiger partial charge is 0.497 e. The number of amides is 2. The van der Waals surface area contributed by atoms with E-state index in [9.17, 15) is 9.59 Å². The van der Waals surface area contributed by atoms with Gasteiger partial charge < -0.3 is 24.8 Å². The van der Waals surface area contributed by atoms with Gasteiger partial charge in [0, 0.05) is 0 Å². The van der Waals surface area contributed by atoms with E-state index in [1.807, 2.05) is 54.6 Å². The average molecular weight is 661 g/mol. The number of methoxy groups -OCH3 is 1. The van der Waals surface area contributed by atoms with Crippen molar-refractivity contribution in [2.75, 3.05) is 20.3 Å². The van der Waals surface area contributed by atoms with Crippen molar-refractivity contribution in [3.63, 3.8) is 0 Å². The summed E-state index contributed by atoms with van der Waals surface area (Å²) in [6, 6.07) is 15.8. The van der Waals surface area contributed by atoms with Gasteiger partial charge in [-0.3, -0.25) is 9.59 Å². The van der Waals surface area contributed by atoms with Crippen LogP contribution in [-0.4, -0.2) is 51.3 Å². The van der Waals surface area contributed by atoms with E-state index in [0.717, 1.165) is 16.9 Å². The van der Waals surface area contributed by atoms with Crippen molar-refractivity contribution >= 4 is 81.4 Å². The molecule has 2 amide bonds. The number of halogens is 6. The predicted octanol–water partition coefficient (Wildman–Crippen LogP) is 6.08. The van der Waals surface area contributed by atoms with Crippen LogP contribution in [0.15, 0.2) is 66.7 Å². The fourth-order valence-electron chi connectivity index (χ4n) is 3.29. The highest BCUT2D eigenvalue weighted by Gasteiger charge is 2.43. The summed E-state index contributed by atoms with van der Waals surface area (Å²) in [6.45, 7) is 2.17. The van der Waals surface area contributed by atoms with Gasteiger partial charge in [0.15, 0.2) is 0 Å². The normalized spacial score (nSPS) is 14.5. The molecule has 0 bridgehead atoms. The van der Waals surface area contributed by atoms with Crippen LogP contribution in [0, 0.1) is 0 Å². The summed E-state index contributed by atoms with van der Waals surface area (Å²) < 4.78 is 12.2. The van der Waals surface area contributed by atoms with E-state index in [1.165, 1.54) is 0 Å². The molecule has 0 aliphatic carbocycles. The Kier molecular flexibility index (Phi) is 13.5. The van der Waals surface area contributed by atoms with Crippen LogP contribution in [-0.2, 0) is 32.3 Å². The lowest BCUT2D eigenvalue weighted by Gasteiger charge is -2.38. The second-order valence-electron chi connectivity index (χ2n) is 8.59. The van der Waals surface area contributed by atoms with Crippen molar-refractivity contribution in [2.45, 2.75) is 39.3 Å². The minimum Gasteiger partial charge on any atom is -0.497 e. The number of carbonyl (C=O) groups is 2. The summed E-state index contributed by atoms with van der Waals surface area (Å²) in [7, 11) is 1.59. The maximum Gasteiger partial charge on any atom is 0.272 e. The minimum atomic E-state index is -2.28. The maximum absolute atomic E-state index is 12.7. The first-order valence-electron chi connectivity index (χ1n) is 11.5. The number of nitrogens with one attached hydrogen (secondary N) is 2. The number of hydrogen-bond donors (Lipinski definition) is 2. The summed E-state index contributed by atoms with van der Waals surface area (Å²) in [5.41, 5.74) is 0.463. The topological polar surface area (TPSA) is 85.9 Å². The zero-order valence-corrected chi connectivity index (χ0v) is 25.6. The lowest BCUT2D eigenvalue weighted by Crippen LogP contribution is -2.64. The van der Waals surface area contributed by atoms with E-state index in [1.54, 1.807) is 26.2 Å². The van der Waals surface area contributed by atoms with E-state index < -0.39 is 31.0 Å². The second kappa shape index (κ2) is 15.5. The van der Waals surface area contributed by atoms with Gasteiger partial charge in [0.1, 0.15) is 5.75 Å². The Morgan fingerprint density at radius 3 is 1.97 bits per heavy atom. The Balaban J connectivity index is 2.22. The van der Waals surface area contributed by atoms with Crippen molar-refractivity contribution in [1.82, 2.24) is 10.6 Å². The molecule has 214 valence electrons. The number of alkyl halides is 6. The fourth-order valence-corrected chi connectivity index (χ4v) is 3.60. The first kappa shape index (κ1) is 33.8. The molecule has 0 fully saturated rings. The van der Waals surface area contributed by atoms with Crippen LogP contribution < -0.4 is 15.4 Å². The van der Waals surface area contributed by atoms with Gasteiger partial charge in [-0.15, -0.1) is 0 Å². The van der Waals surface area contributed by atoms with Crippen molar-refractivity contribution in [3.05, 3.63) is 77.9 Å². The lowest BCUT2D eigenvalue weighted by molar-refractivity contribution is -0.125. The molecule has 0 aliphatic rings. The Morgan fingerprint density at radius 1 is 0.846 bits per heavy atom. The summed E-state index contributed by atoms with van der Waals surface area (Å²) in [6.07, 6.45) is 3.22. The van der Waals surface area contributed by atoms with Crippen LogP contribution in [0.1, 0.15) is 18.1 Å². The van der Waals surface area contributed by atoms with Gasteiger partial charge in [0.2, 0.25) is 0 Å². The molecule has 0 aromatic heterocycles. The van der Waals surface area contributed by atoms with Crippen LogP contribution in [0.2, 0.25) is 0 Å². The molecule has 2 aromatic rings. The number of benzene rings is 2. The molecule has 2 N–H and O–H groups in total. The summed E-state index contributed by atoms with van der Waals surface area (Å²) in [4.78, 5) is 25.3. The molecule has 0 saturated carbocycles. The van der Waals surface area contributed by atoms with Gasteiger partial charge in [-0.2, -0.15) is 0 Å². The first-order valence-corrected chi connectivity index (χ1v) is 13.8. The van der Waals surface area contributed by atoms with Crippen molar-refractivity contribution in [3.8, 4) is 5.75 Å². The molecule has 13 heteroatoms. The number of rotatable bonds is 13. The standard InChI is InChI=1S/C26H28Cl6N2O5/c1-24(34-23(36)26(30,31)32,17-39-16-18-7-4-3-5-8-18)21(33-22(35)25(27,28)29)9-6-14-38-15-19-10-12-20(37-2)13-11-19/h3-13,21H,14-17H2,1-2H3,(H,33,35)(H,34,36)/b9-6+/t21-,24+/m0/s1. The smallest absolute Gasteiger partial charge is 0.272 e. The molecule has 0 radical (unpaired) electrons. The molecular weight excluding hydrogens is 633 g/mol. The number of hydrogen-bond acceptors (Lipinski definition) is 5. The Morgan fingerprint density at radius 2 is 1.41 bits per heavy atom. The molecule has 2 rings (SSSR count). The van der Waals surface area contributed by atoms with Gasteiger partial charge >= 0.3 is 0 Å². The number of ether oxygens (including phenoxy) is 3. The van der Waals surface area contributed by atoms with Gasteiger partial charge in [-0.1, -0.05) is 124 Å². The third-order valence-corrected chi connectivity index (χ3v) is 6.40. The molecule has 7 nitrogen and oxygen atoms in total. The van der Waals surface area contributed by atoms with E-state index in [2.05, 4.69) is 10.6 Å². The van der Waals surface area contributed by atoms with E-state index >= 15 is 0 Å². The Hall–Kier alpha value is -1.42. The van der Waals surface area contributed by atoms with E-state index in [4.69, 9.17) is 83.8 Å². The highest BCUT2D eigenvalue weighted by Crippen LogP contribution is 2.29. The zero-order chi connectivity index (χ0) is 29.1. The summed E-state index contributed by atoms with van der Waals surface area (Å²) >= 11 is 34.8. The quantitative estimate of drug-likeness (QED) is 0.154. The lowest BCUT2D eigenvalue weighted by atomic mass is 9.92. The van der Waals surface area contributed by atoms with Crippen LogP contribution in [0.3, 0.4) is 0 Å². The summed E-state index contributed by atoms with van der Waals surface area (Å²) in [5.74, 6) is -1.13. The minimum absolute atomic E-state index is 0.115. The van der Waals surface area contributed by atoms with Crippen LogP contribution in [0.4, 0.5) is 0 Å². The van der Waals surface area contributed by atoms with Crippen LogP contribution in [0.5, 0.6) is 5.75 Å². The van der Waals surface area contributed by atoms with E-state index in [-0.39, 0.29) is 19.8 Å². The summed E-state index contributed by atoms with van der Waals surface area (Å²) in [5, 5.41) is 5.26. The monoisotopic (exact) mass is 658 g/mol. The molecule has 2 atom stereocenters. The Labute approximate surface area is 257 Å². The molecule has 0 aliphatic heterocycles. The third kappa shape index (κ3) is 11.9. The first-order chi connectivity index (χ1) is 18.2. The third-order valence-electron chi connectivity index (χ3n) is 5.37. The molecule has 0 unspecified atom stereocenters. The van der Waals surface area contributed by atoms with Crippen LogP contribution >= 0.6 is 69.6 Å². The molecule has 0 heterocycles. The molecule has 0 saturated heterocycles. The molecule has 39 heavy (non-hydrogen) atoms. The molecular formula is C26H28Cl6N2O5. The second-order valence-corrected chi connectivity index (χ2v) is 13.2. The van der Waals surface area contributed by atoms with Gasteiger partial charge in [0.25, 0.3) is 19.4 Å². The maximum atomic E-state index is 12.7. The van der Waals surface area contributed by atoms with Crippen LogP contribution in [0.25, 0.3) is 0 Å². The van der Waals surface area contributed by atoms with Crippen molar-refractivity contribution in [2.24, 2.45) is 0 Å². The van der Waals surface area contributed by atoms with Gasteiger partial charge in [0.05, 0.1) is 45.1 Å². The van der Waals surface area contributed by atoms with E-state index in [0.29, 0.717) is 6.61 Å². The van der Waals surface area contributed by atoms with Crippen molar-refractivity contribution in [1.29, 1.82) is 0 Å². The van der Waals surface area contributed by atoms with Gasteiger partial charge in [-0.25, -0.2) is 0 Å². The predicted molar refractivity (Wildman–Crippen MR) is 157 cm³/mol.